The van der Waals surface area contributed by atoms with Gasteiger partial charge in [0.25, 0.3) is 0 Å². The van der Waals surface area contributed by atoms with Crippen LogP contribution in [0.25, 0.3) is 0 Å². The molecular formula is C15H25NO. The second-order valence-electron chi connectivity index (χ2n) is 4.92. The number of carbonyl (C=O) groups excluding carboxylic acids is 1. The second kappa shape index (κ2) is 8.10. The van der Waals surface area contributed by atoms with Gasteiger partial charge in [0.05, 0.1) is 0 Å². The molecule has 0 aliphatic heterocycles. The van der Waals surface area contributed by atoms with Gasteiger partial charge in [0, 0.05) is 19.5 Å². The van der Waals surface area contributed by atoms with E-state index in [0.717, 1.165) is 12.3 Å². The SMILES string of the molecule is C=CCN(CC=C)C(=O)CCC1CCCCC1. The lowest BCUT2D eigenvalue weighted by atomic mass is 9.86. The highest BCUT2D eigenvalue weighted by Gasteiger charge is 2.16. The summed E-state index contributed by atoms with van der Waals surface area (Å²) in [4.78, 5) is 13.8. The van der Waals surface area contributed by atoms with Crippen molar-refractivity contribution in [2.24, 2.45) is 5.92 Å². The Hall–Kier alpha value is -1.05. The molecule has 1 amide bonds. The molecule has 17 heavy (non-hydrogen) atoms. The highest BCUT2D eigenvalue weighted by Crippen LogP contribution is 2.27. The molecule has 0 atom stereocenters. The number of rotatable bonds is 7. The summed E-state index contributed by atoms with van der Waals surface area (Å²) in [6.45, 7) is 8.64. The maximum absolute atomic E-state index is 12.0. The van der Waals surface area contributed by atoms with E-state index >= 15 is 0 Å². The van der Waals surface area contributed by atoms with E-state index in [1.807, 2.05) is 4.90 Å². The molecule has 0 radical (unpaired) electrons. The predicted octanol–water partition coefficient (Wildman–Crippen LogP) is 3.55. The summed E-state index contributed by atoms with van der Waals surface area (Å²) >= 11 is 0. The monoisotopic (exact) mass is 235 g/mol. The van der Waals surface area contributed by atoms with Gasteiger partial charge in [-0.2, -0.15) is 0 Å². The summed E-state index contributed by atoms with van der Waals surface area (Å²) < 4.78 is 0. The minimum atomic E-state index is 0.246. The number of hydrogen-bond donors (Lipinski definition) is 0. The third-order valence-corrected chi connectivity index (χ3v) is 3.54. The Kier molecular flexibility index (Phi) is 6.68. The van der Waals surface area contributed by atoms with Crippen LogP contribution in [0, 0.1) is 5.92 Å². The Balaban J connectivity index is 2.29. The first-order valence-electron chi connectivity index (χ1n) is 6.77. The Morgan fingerprint density at radius 3 is 2.24 bits per heavy atom. The summed E-state index contributed by atoms with van der Waals surface area (Å²) in [5, 5.41) is 0. The predicted molar refractivity (Wildman–Crippen MR) is 72.8 cm³/mol. The van der Waals surface area contributed by atoms with Crippen molar-refractivity contribution >= 4 is 5.91 Å². The van der Waals surface area contributed by atoms with Crippen molar-refractivity contribution < 1.29 is 4.79 Å². The highest BCUT2D eigenvalue weighted by atomic mass is 16.2. The molecule has 0 saturated heterocycles. The first kappa shape index (κ1) is 14.0. The van der Waals surface area contributed by atoms with Crippen LogP contribution in [0.1, 0.15) is 44.9 Å². The topological polar surface area (TPSA) is 20.3 Å². The average Bonchev–Trinajstić information content (AvgIpc) is 2.37. The molecule has 0 N–H and O–H groups in total. The van der Waals surface area contributed by atoms with Crippen molar-refractivity contribution in [3.8, 4) is 0 Å². The maximum Gasteiger partial charge on any atom is 0.223 e. The molecule has 96 valence electrons. The van der Waals surface area contributed by atoms with Gasteiger partial charge >= 0.3 is 0 Å². The van der Waals surface area contributed by atoms with Gasteiger partial charge in [-0.1, -0.05) is 44.3 Å². The van der Waals surface area contributed by atoms with E-state index < -0.39 is 0 Å². The van der Waals surface area contributed by atoms with Crippen molar-refractivity contribution in [3.63, 3.8) is 0 Å². The Labute approximate surface area is 105 Å². The Morgan fingerprint density at radius 1 is 1.12 bits per heavy atom. The molecule has 2 heteroatoms. The van der Waals surface area contributed by atoms with Gasteiger partial charge in [0.1, 0.15) is 0 Å². The minimum absolute atomic E-state index is 0.246. The average molecular weight is 235 g/mol. The van der Waals surface area contributed by atoms with Gasteiger partial charge in [-0.3, -0.25) is 4.79 Å². The third kappa shape index (κ3) is 5.20. The van der Waals surface area contributed by atoms with Crippen molar-refractivity contribution in [2.45, 2.75) is 44.9 Å². The smallest absolute Gasteiger partial charge is 0.223 e. The van der Waals surface area contributed by atoms with Gasteiger partial charge in [-0.05, 0) is 12.3 Å². The lowest BCUT2D eigenvalue weighted by molar-refractivity contribution is -0.130. The summed E-state index contributed by atoms with van der Waals surface area (Å²) in [5.74, 6) is 1.03. The lowest BCUT2D eigenvalue weighted by Gasteiger charge is -2.23. The largest absolute Gasteiger partial charge is 0.335 e. The quantitative estimate of drug-likeness (QED) is 0.618. The molecule has 0 aromatic carbocycles. The molecule has 1 rings (SSSR count). The molecule has 1 saturated carbocycles. The van der Waals surface area contributed by atoms with E-state index in [1.165, 1.54) is 32.1 Å². The molecule has 1 aliphatic carbocycles. The number of hydrogen-bond acceptors (Lipinski definition) is 1. The van der Waals surface area contributed by atoms with Crippen molar-refractivity contribution in [1.29, 1.82) is 0 Å². The van der Waals surface area contributed by atoms with Gasteiger partial charge in [0.15, 0.2) is 0 Å². The Bertz CT molecular complexity index is 244. The lowest BCUT2D eigenvalue weighted by Crippen LogP contribution is -2.31. The van der Waals surface area contributed by atoms with Gasteiger partial charge < -0.3 is 4.90 Å². The summed E-state index contributed by atoms with van der Waals surface area (Å²) in [6.07, 6.45) is 12.0. The van der Waals surface area contributed by atoms with E-state index in [-0.39, 0.29) is 5.91 Å². The first-order valence-corrected chi connectivity index (χ1v) is 6.77. The summed E-state index contributed by atoms with van der Waals surface area (Å²) in [5.41, 5.74) is 0. The van der Waals surface area contributed by atoms with Gasteiger partial charge in [0.2, 0.25) is 5.91 Å². The molecule has 0 aromatic heterocycles. The molecule has 0 heterocycles. The molecule has 2 nitrogen and oxygen atoms in total. The van der Waals surface area contributed by atoms with E-state index in [1.54, 1.807) is 12.2 Å². The molecule has 0 bridgehead atoms. The molecular weight excluding hydrogens is 210 g/mol. The van der Waals surface area contributed by atoms with Crippen LogP contribution in [-0.2, 0) is 4.79 Å². The fourth-order valence-electron chi connectivity index (χ4n) is 2.55. The number of nitrogens with zero attached hydrogens (tertiary/aromatic N) is 1. The van der Waals surface area contributed by atoms with Crippen LogP contribution in [0.15, 0.2) is 25.3 Å². The fraction of sp³-hybridized carbons (Fsp3) is 0.667. The van der Waals surface area contributed by atoms with Crippen LogP contribution in [0.4, 0.5) is 0 Å². The van der Waals surface area contributed by atoms with Crippen molar-refractivity contribution in [3.05, 3.63) is 25.3 Å². The second-order valence-corrected chi connectivity index (χ2v) is 4.92. The molecule has 0 unspecified atom stereocenters. The zero-order chi connectivity index (χ0) is 12.5. The van der Waals surface area contributed by atoms with Crippen LogP contribution >= 0.6 is 0 Å². The summed E-state index contributed by atoms with van der Waals surface area (Å²) in [6, 6.07) is 0. The van der Waals surface area contributed by atoms with Crippen LogP contribution < -0.4 is 0 Å². The standard InChI is InChI=1S/C15H25NO/c1-3-12-16(13-4-2)15(17)11-10-14-8-6-5-7-9-14/h3-4,14H,1-2,5-13H2. The van der Waals surface area contributed by atoms with Crippen molar-refractivity contribution in [2.75, 3.05) is 13.1 Å². The Morgan fingerprint density at radius 2 is 1.71 bits per heavy atom. The van der Waals surface area contributed by atoms with Crippen LogP contribution in [0.2, 0.25) is 0 Å². The normalized spacial score (nSPS) is 16.5. The van der Waals surface area contributed by atoms with Crippen LogP contribution in [0.5, 0.6) is 0 Å². The minimum Gasteiger partial charge on any atom is -0.335 e. The van der Waals surface area contributed by atoms with Crippen molar-refractivity contribution in [1.82, 2.24) is 4.90 Å². The van der Waals surface area contributed by atoms with E-state index in [0.29, 0.717) is 19.5 Å². The van der Waals surface area contributed by atoms with E-state index in [2.05, 4.69) is 13.2 Å². The summed E-state index contributed by atoms with van der Waals surface area (Å²) in [7, 11) is 0. The van der Waals surface area contributed by atoms with E-state index in [9.17, 15) is 4.79 Å². The highest BCUT2D eigenvalue weighted by molar-refractivity contribution is 5.76. The van der Waals surface area contributed by atoms with E-state index in [4.69, 9.17) is 0 Å². The van der Waals surface area contributed by atoms with Gasteiger partial charge in [-0.25, -0.2) is 0 Å². The third-order valence-electron chi connectivity index (χ3n) is 3.54. The zero-order valence-corrected chi connectivity index (χ0v) is 10.9. The van der Waals surface area contributed by atoms with Gasteiger partial charge in [-0.15, -0.1) is 13.2 Å². The molecule has 1 fully saturated rings. The number of carbonyl (C=O) groups is 1. The molecule has 0 spiro atoms. The molecule has 1 aliphatic rings. The van der Waals surface area contributed by atoms with Crippen LogP contribution in [-0.4, -0.2) is 23.9 Å². The molecule has 0 aromatic rings. The number of amides is 1. The zero-order valence-electron chi connectivity index (χ0n) is 10.9. The van der Waals surface area contributed by atoms with Crippen LogP contribution in [0.3, 0.4) is 0 Å². The fourth-order valence-corrected chi connectivity index (χ4v) is 2.55. The maximum atomic E-state index is 12.0. The first-order chi connectivity index (χ1) is 8.27.